The fourth-order valence-corrected chi connectivity index (χ4v) is 3.25. The number of ether oxygens (including phenoxy) is 2. The Labute approximate surface area is 148 Å². The number of esters is 2. The molecule has 0 saturated carbocycles. The topological polar surface area (TPSA) is 72.9 Å². The van der Waals surface area contributed by atoms with E-state index in [1.165, 1.54) is 14.2 Å². The Bertz CT molecular complexity index is 593. The molecule has 6 heteroatoms. The molecule has 136 valence electrons. The van der Waals surface area contributed by atoms with Crippen molar-refractivity contribution in [3.8, 4) is 0 Å². The van der Waals surface area contributed by atoms with E-state index in [4.69, 9.17) is 4.74 Å². The van der Waals surface area contributed by atoms with Gasteiger partial charge in [0.25, 0.3) is 0 Å². The van der Waals surface area contributed by atoms with Gasteiger partial charge in [0, 0.05) is 17.9 Å². The molecule has 0 N–H and O–H groups in total. The number of methoxy groups -OCH3 is 2. The molecule has 1 atom stereocenters. The van der Waals surface area contributed by atoms with Crippen LogP contribution in [0.3, 0.4) is 0 Å². The fraction of sp³-hybridized carbons (Fsp3) is 0.526. The highest BCUT2D eigenvalue weighted by molar-refractivity contribution is 5.97. The van der Waals surface area contributed by atoms with Crippen LogP contribution in [0.2, 0.25) is 0 Å². The van der Waals surface area contributed by atoms with Crippen LogP contribution < -0.4 is 0 Å². The molecule has 1 saturated heterocycles. The Hall–Kier alpha value is -2.21. The number of rotatable bonds is 7. The fourth-order valence-electron chi connectivity index (χ4n) is 3.25. The van der Waals surface area contributed by atoms with Crippen LogP contribution in [-0.4, -0.2) is 56.0 Å². The molecule has 0 amide bonds. The average molecular weight is 347 g/mol. The maximum Gasteiger partial charge on any atom is 0.323 e. The van der Waals surface area contributed by atoms with Gasteiger partial charge in [-0.2, -0.15) is 0 Å². The summed E-state index contributed by atoms with van der Waals surface area (Å²) in [7, 11) is 2.68. The van der Waals surface area contributed by atoms with E-state index in [1.807, 2.05) is 35.2 Å². The van der Waals surface area contributed by atoms with Crippen LogP contribution in [0.1, 0.15) is 36.0 Å². The van der Waals surface area contributed by atoms with Gasteiger partial charge in [-0.05, 0) is 32.4 Å². The molecule has 0 aliphatic carbocycles. The van der Waals surface area contributed by atoms with E-state index in [0.29, 0.717) is 32.4 Å². The number of carbonyl (C=O) groups is 3. The molecule has 0 unspecified atom stereocenters. The molecule has 0 radical (unpaired) electrons. The number of likely N-dealkylation sites (tertiary alicyclic amines) is 1. The zero-order chi connectivity index (χ0) is 18.2. The molecule has 1 heterocycles. The number of Topliss-reactive ketones (excluding diaryl/α,β-unsaturated/α-hetero) is 1. The van der Waals surface area contributed by atoms with Crippen LogP contribution in [0.15, 0.2) is 30.3 Å². The number of hydrogen-bond donors (Lipinski definition) is 0. The van der Waals surface area contributed by atoms with Gasteiger partial charge in [-0.1, -0.05) is 30.3 Å². The van der Waals surface area contributed by atoms with Crippen molar-refractivity contribution in [1.29, 1.82) is 0 Å². The maximum absolute atomic E-state index is 12.5. The number of piperidine rings is 1. The predicted molar refractivity (Wildman–Crippen MR) is 92.1 cm³/mol. The van der Waals surface area contributed by atoms with Crippen LogP contribution in [0.25, 0.3) is 0 Å². The monoisotopic (exact) mass is 347 g/mol. The number of carbonyl (C=O) groups excluding carboxylic acids is 3. The highest BCUT2D eigenvalue weighted by Crippen LogP contribution is 2.24. The largest absolute Gasteiger partial charge is 0.469 e. The van der Waals surface area contributed by atoms with Gasteiger partial charge in [0.05, 0.1) is 14.2 Å². The SMILES string of the molecule is COC(=O)CC[C@@H](C(=O)OC)N1CCC(C(=O)c2ccccc2)CC1. The molecule has 1 aliphatic heterocycles. The number of nitrogens with zero attached hydrogens (tertiary/aromatic N) is 1. The van der Waals surface area contributed by atoms with Crippen molar-refractivity contribution >= 4 is 17.7 Å². The van der Waals surface area contributed by atoms with E-state index >= 15 is 0 Å². The number of hydrogen-bond acceptors (Lipinski definition) is 6. The highest BCUT2D eigenvalue weighted by atomic mass is 16.5. The Morgan fingerprint density at radius 1 is 1.08 bits per heavy atom. The Kier molecular flexibility index (Phi) is 7.13. The molecule has 0 aromatic heterocycles. The van der Waals surface area contributed by atoms with Crippen LogP contribution in [0, 0.1) is 5.92 Å². The minimum absolute atomic E-state index is 0.0300. The van der Waals surface area contributed by atoms with Gasteiger partial charge in [-0.15, -0.1) is 0 Å². The normalized spacial score (nSPS) is 16.9. The van der Waals surface area contributed by atoms with Crippen LogP contribution in [0.5, 0.6) is 0 Å². The van der Waals surface area contributed by atoms with Gasteiger partial charge < -0.3 is 9.47 Å². The average Bonchev–Trinajstić information content (AvgIpc) is 2.68. The Morgan fingerprint density at radius 3 is 2.28 bits per heavy atom. The second kappa shape index (κ2) is 9.32. The summed E-state index contributed by atoms with van der Waals surface area (Å²) in [6.45, 7) is 1.26. The zero-order valence-electron chi connectivity index (χ0n) is 14.8. The summed E-state index contributed by atoms with van der Waals surface area (Å²) in [5, 5.41) is 0. The molecule has 6 nitrogen and oxygen atoms in total. The standard InChI is InChI=1S/C19H25NO5/c1-24-17(21)9-8-16(19(23)25-2)20-12-10-15(11-13-20)18(22)14-6-4-3-5-7-14/h3-7,15-16H,8-13H2,1-2H3/t16-/m0/s1. The van der Waals surface area contributed by atoms with Crippen molar-refractivity contribution in [2.45, 2.75) is 31.7 Å². The third-order valence-electron chi connectivity index (χ3n) is 4.72. The minimum atomic E-state index is -0.475. The minimum Gasteiger partial charge on any atom is -0.469 e. The lowest BCUT2D eigenvalue weighted by atomic mass is 9.88. The van der Waals surface area contributed by atoms with Gasteiger partial charge in [0.2, 0.25) is 0 Å². The molecular weight excluding hydrogens is 322 g/mol. The van der Waals surface area contributed by atoms with E-state index < -0.39 is 6.04 Å². The summed E-state index contributed by atoms with van der Waals surface area (Å²) < 4.78 is 9.52. The summed E-state index contributed by atoms with van der Waals surface area (Å²) in [6.07, 6.45) is 1.91. The van der Waals surface area contributed by atoms with Crippen LogP contribution >= 0.6 is 0 Å². The van der Waals surface area contributed by atoms with Crippen LogP contribution in [-0.2, 0) is 19.1 Å². The van der Waals surface area contributed by atoms with Crippen molar-refractivity contribution < 1.29 is 23.9 Å². The molecule has 1 aliphatic rings. The third kappa shape index (κ3) is 5.13. The quantitative estimate of drug-likeness (QED) is 0.555. The highest BCUT2D eigenvalue weighted by Gasteiger charge is 2.33. The van der Waals surface area contributed by atoms with Crippen molar-refractivity contribution in [3.63, 3.8) is 0 Å². The predicted octanol–water partition coefficient (Wildman–Crippen LogP) is 2.08. The van der Waals surface area contributed by atoms with Crippen molar-refractivity contribution in [2.75, 3.05) is 27.3 Å². The summed E-state index contributed by atoms with van der Waals surface area (Å²) in [5.74, 6) is -0.568. The van der Waals surface area contributed by atoms with Gasteiger partial charge in [-0.3, -0.25) is 19.3 Å². The lowest BCUT2D eigenvalue weighted by Crippen LogP contribution is -2.47. The summed E-state index contributed by atoms with van der Waals surface area (Å²) in [5.41, 5.74) is 0.733. The molecule has 1 aromatic carbocycles. The smallest absolute Gasteiger partial charge is 0.323 e. The maximum atomic E-state index is 12.5. The second-order valence-electron chi connectivity index (χ2n) is 6.19. The van der Waals surface area contributed by atoms with Gasteiger partial charge in [-0.25, -0.2) is 0 Å². The summed E-state index contributed by atoms with van der Waals surface area (Å²) in [6, 6.07) is 8.81. The lowest BCUT2D eigenvalue weighted by Gasteiger charge is -2.35. The van der Waals surface area contributed by atoms with E-state index in [9.17, 15) is 14.4 Å². The first kappa shape index (κ1) is 19.1. The molecular formula is C19H25NO5. The van der Waals surface area contributed by atoms with E-state index in [2.05, 4.69) is 4.74 Å². The van der Waals surface area contributed by atoms with Gasteiger partial charge >= 0.3 is 11.9 Å². The van der Waals surface area contributed by atoms with Crippen LogP contribution in [0.4, 0.5) is 0 Å². The summed E-state index contributed by atoms with van der Waals surface area (Å²) >= 11 is 0. The molecule has 1 aromatic rings. The van der Waals surface area contributed by atoms with Crippen molar-refractivity contribution in [2.24, 2.45) is 5.92 Å². The van der Waals surface area contributed by atoms with Crippen molar-refractivity contribution in [3.05, 3.63) is 35.9 Å². The molecule has 2 rings (SSSR count). The molecule has 0 bridgehead atoms. The van der Waals surface area contributed by atoms with Gasteiger partial charge in [0.15, 0.2) is 5.78 Å². The first-order chi connectivity index (χ1) is 12.1. The first-order valence-electron chi connectivity index (χ1n) is 8.54. The molecule has 25 heavy (non-hydrogen) atoms. The number of benzene rings is 1. The van der Waals surface area contributed by atoms with E-state index in [1.54, 1.807) is 0 Å². The van der Waals surface area contributed by atoms with E-state index in [0.717, 1.165) is 5.56 Å². The molecule has 1 fully saturated rings. The second-order valence-corrected chi connectivity index (χ2v) is 6.19. The zero-order valence-corrected chi connectivity index (χ0v) is 14.8. The third-order valence-corrected chi connectivity index (χ3v) is 4.72. The Morgan fingerprint density at radius 2 is 1.72 bits per heavy atom. The van der Waals surface area contributed by atoms with Crippen molar-refractivity contribution in [1.82, 2.24) is 4.90 Å². The summed E-state index contributed by atoms with van der Waals surface area (Å²) in [4.78, 5) is 38.0. The van der Waals surface area contributed by atoms with Gasteiger partial charge in [0.1, 0.15) is 6.04 Å². The lowest BCUT2D eigenvalue weighted by molar-refractivity contribution is -0.148. The first-order valence-corrected chi connectivity index (χ1v) is 8.54. The van der Waals surface area contributed by atoms with E-state index in [-0.39, 0.29) is 30.1 Å². The molecule has 0 spiro atoms. The Balaban J connectivity index is 1.94. The number of ketones is 1.